The van der Waals surface area contributed by atoms with Crippen molar-refractivity contribution in [2.24, 2.45) is 5.41 Å². The number of amides is 1. The third-order valence-corrected chi connectivity index (χ3v) is 3.44. The van der Waals surface area contributed by atoms with Crippen molar-refractivity contribution in [3.63, 3.8) is 0 Å². The molecule has 0 aliphatic rings. The van der Waals surface area contributed by atoms with Gasteiger partial charge in [-0.15, -0.1) is 0 Å². The molecular weight excluding hydrogens is 270 g/mol. The maximum Gasteiger partial charge on any atom is 0.303 e. The largest absolute Gasteiger partial charge is 0.508 e. The van der Waals surface area contributed by atoms with Crippen LogP contribution in [-0.4, -0.2) is 28.6 Å². The molecule has 3 N–H and O–H groups in total. The Labute approximate surface area is 125 Å². The van der Waals surface area contributed by atoms with Crippen molar-refractivity contribution in [1.82, 2.24) is 5.32 Å². The topological polar surface area (TPSA) is 86.6 Å². The molecule has 0 atom stereocenters. The molecule has 0 saturated heterocycles. The molecule has 5 nitrogen and oxygen atoms in total. The van der Waals surface area contributed by atoms with Crippen LogP contribution in [0.1, 0.15) is 38.7 Å². The van der Waals surface area contributed by atoms with Crippen LogP contribution in [0.4, 0.5) is 0 Å². The van der Waals surface area contributed by atoms with E-state index in [-0.39, 0.29) is 29.9 Å². The fraction of sp³-hybridized carbons (Fsp3) is 0.500. The first kappa shape index (κ1) is 17.0. The molecule has 1 aromatic rings. The summed E-state index contributed by atoms with van der Waals surface area (Å²) in [5, 5.41) is 20.7. The normalized spacial score (nSPS) is 11.1. The second-order valence-corrected chi connectivity index (χ2v) is 6.00. The van der Waals surface area contributed by atoms with E-state index in [1.54, 1.807) is 24.3 Å². The van der Waals surface area contributed by atoms with E-state index >= 15 is 0 Å². The number of aromatic hydroxyl groups is 1. The van der Waals surface area contributed by atoms with E-state index in [1.807, 2.05) is 13.8 Å². The van der Waals surface area contributed by atoms with Gasteiger partial charge in [0.05, 0.1) is 6.42 Å². The molecule has 116 valence electrons. The van der Waals surface area contributed by atoms with E-state index in [0.29, 0.717) is 13.0 Å². The van der Waals surface area contributed by atoms with Gasteiger partial charge in [0.2, 0.25) is 5.91 Å². The standard InChI is InChI=1S/C16H23NO4/c1-16(2,8-7-15(20)21)9-10-17-14(19)11-12-3-5-13(18)6-4-12/h3-6,18H,7-11H2,1-2H3,(H,17,19)(H,20,21). The highest BCUT2D eigenvalue weighted by Crippen LogP contribution is 2.25. The Balaban J connectivity index is 2.29. The molecule has 0 unspecified atom stereocenters. The van der Waals surface area contributed by atoms with Gasteiger partial charge in [0.25, 0.3) is 0 Å². The van der Waals surface area contributed by atoms with E-state index in [4.69, 9.17) is 10.2 Å². The second-order valence-electron chi connectivity index (χ2n) is 6.00. The van der Waals surface area contributed by atoms with E-state index in [0.717, 1.165) is 12.0 Å². The zero-order chi connectivity index (χ0) is 15.9. The highest BCUT2D eigenvalue weighted by Gasteiger charge is 2.19. The lowest BCUT2D eigenvalue weighted by atomic mass is 9.84. The second kappa shape index (κ2) is 7.67. The van der Waals surface area contributed by atoms with Gasteiger partial charge in [-0.3, -0.25) is 9.59 Å². The maximum absolute atomic E-state index is 11.8. The predicted octanol–water partition coefficient (Wildman–Crippen LogP) is 2.33. The number of benzene rings is 1. The highest BCUT2D eigenvalue weighted by atomic mass is 16.4. The predicted molar refractivity (Wildman–Crippen MR) is 80.1 cm³/mol. The molecule has 0 aromatic heterocycles. The number of carboxylic acids is 1. The first-order chi connectivity index (χ1) is 9.78. The van der Waals surface area contributed by atoms with Gasteiger partial charge in [-0.25, -0.2) is 0 Å². The third kappa shape index (κ3) is 7.34. The van der Waals surface area contributed by atoms with Crippen LogP contribution >= 0.6 is 0 Å². The molecule has 0 saturated carbocycles. The van der Waals surface area contributed by atoms with Gasteiger partial charge < -0.3 is 15.5 Å². The molecular formula is C16H23NO4. The number of phenols is 1. The first-order valence-electron chi connectivity index (χ1n) is 7.05. The van der Waals surface area contributed by atoms with Crippen LogP contribution in [-0.2, 0) is 16.0 Å². The highest BCUT2D eigenvalue weighted by molar-refractivity contribution is 5.78. The molecule has 0 aliphatic heterocycles. The minimum absolute atomic E-state index is 0.0743. The molecule has 1 aromatic carbocycles. The molecule has 5 heteroatoms. The smallest absolute Gasteiger partial charge is 0.303 e. The lowest BCUT2D eigenvalue weighted by molar-refractivity contribution is -0.137. The number of aliphatic carboxylic acids is 1. The summed E-state index contributed by atoms with van der Waals surface area (Å²) >= 11 is 0. The van der Waals surface area contributed by atoms with Gasteiger partial charge >= 0.3 is 5.97 Å². The molecule has 21 heavy (non-hydrogen) atoms. The zero-order valence-electron chi connectivity index (χ0n) is 12.6. The van der Waals surface area contributed by atoms with Crippen LogP contribution in [0.3, 0.4) is 0 Å². The van der Waals surface area contributed by atoms with Crippen LogP contribution in [0, 0.1) is 5.41 Å². The summed E-state index contributed by atoms with van der Waals surface area (Å²) in [6, 6.07) is 6.53. The van der Waals surface area contributed by atoms with E-state index in [2.05, 4.69) is 5.32 Å². The van der Waals surface area contributed by atoms with Crippen molar-refractivity contribution in [1.29, 1.82) is 0 Å². The monoisotopic (exact) mass is 293 g/mol. The van der Waals surface area contributed by atoms with Crippen LogP contribution in [0.2, 0.25) is 0 Å². The van der Waals surface area contributed by atoms with Crippen LogP contribution in [0.15, 0.2) is 24.3 Å². The van der Waals surface area contributed by atoms with Gasteiger partial charge in [0, 0.05) is 13.0 Å². The number of hydrogen-bond acceptors (Lipinski definition) is 3. The zero-order valence-corrected chi connectivity index (χ0v) is 12.6. The molecule has 0 heterocycles. The number of phenolic OH excluding ortho intramolecular Hbond substituents is 1. The van der Waals surface area contributed by atoms with Crippen molar-refractivity contribution >= 4 is 11.9 Å². The number of nitrogens with one attached hydrogen (secondary N) is 1. The maximum atomic E-state index is 11.8. The quantitative estimate of drug-likeness (QED) is 0.686. The Hall–Kier alpha value is -2.04. The van der Waals surface area contributed by atoms with Crippen molar-refractivity contribution in [3.05, 3.63) is 29.8 Å². The molecule has 1 amide bonds. The molecule has 0 spiro atoms. The Morgan fingerprint density at radius 2 is 1.76 bits per heavy atom. The summed E-state index contributed by atoms with van der Waals surface area (Å²) in [6.07, 6.45) is 1.75. The van der Waals surface area contributed by atoms with Gasteiger partial charge in [-0.05, 0) is 36.0 Å². The van der Waals surface area contributed by atoms with Crippen LogP contribution in [0.5, 0.6) is 5.75 Å². The van der Waals surface area contributed by atoms with Gasteiger partial charge in [-0.2, -0.15) is 0 Å². The number of carboxylic acid groups (broad SMARTS) is 1. The van der Waals surface area contributed by atoms with E-state index < -0.39 is 5.97 Å². The number of carbonyl (C=O) groups is 2. The van der Waals surface area contributed by atoms with Crippen molar-refractivity contribution in [2.45, 2.75) is 39.5 Å². The average molecular weight is 293 g/mol. The lowest BCUT2D eigenvalue weighted by Gasteiger charge is -2.23. The summed E-state index contributed by atoms with van der Waals surface area (Å²) in [5.41, 5.74) is 0.736. The summed E-state index contributed by atoms with van der Waals surface area (Å²) in [7, 11) is 0. The summed E-state index contributed by atoms with van der Waals surface area (Å²) in [4.78, 5) is 22.3. The lowest BCUT2D eigenvalue weighted by Crippen LogP contribution is -2.29. The summed E-state index contributed by atoms with van der Waals surface area (Å²) in [5.74, 6) is -0.687. The fourth-order valence-corrected chi connectivity index (χ4v) is 1.97. The van der Waals surface area contributed by atoms with Crippen LogP contribution < -0.4 is 5.32 Å². The third-order valence-electron chi connectivity index (χ3n) is 3.44. The van der Waals surface area contributed by atoms with Crippen molar-refractivity contribution in [2.75, 3.05) is 6.54 Å². The Kier molecular flexibility index (Phi) is 6.21. The molecule has 0 radical (unpaired) electrons. The van der Waals surface area contributed by atoms with E-state index in [1.165, 1.54) is 0 Å². The van der Waals surface area contributed by atoms with Gasteiger partial charge in [0.1, 0.15) is 5.75 Å². The minimum atomic E-state index is -0.792. The molecule has 0 fully saturated rings. The van der Waals surface area contributed by atoms with Crippen LogP contribution in [0.25, 0.3) is 0 Å². The molecule has 0 aliphatic carbocycles. The number of hydrogen-bond donors (Lipinski definition) is 3. The average Bonchev–Trinajstić information content (AvgIpc) is 2.39. The Bertz CT molecular complexity index is 480. The number of carbonyl (C=O) groups excluding carboxylic acids is 1. The first-order valence-corrected chi connectivity index (χ1v) is 7.05. The van der Waals surface area contributed by atoms with Crippen molar-refractivity contribution in [3.8, 4) is 5.75 Å². The Morgan fingerprint density at radius 3 is 2.33 bits per heavy atom. The minimum Gasteiger partial charge on any atom is -0.508 e. The fourth-order valence-electron chi connectivity index (χ4n) is 1.97. The number of rotatable bonds is 8. The van der Waals surface area contributed by atoms with E-state index in [9.17, 15) is 9.59 Å². The van der Waals surface area contributed by atoms with Crippen molar-refractivity contribution < 1.29 is 19.8 Å². The molecule has 0 bridgehead atoms. The Morgan fingerprint density at radius 1 is 1.14 bits per heavy atom. The SMILES string of the molecule is CC(C)(CCNC(=O)Cc1ccc(O)cc1)CCC(=O)O. The molecule has 1 rings (SSSR count). The summed E-state index contributed by atoms with van der Waals surface area (Å²) in [6.45, 7) is 4.54. The van der Waals surface area contributed by atoms with Gasteiger partial charge in [-0.1, -0.05) is 26.0 Å². The van der Waals surface area contributed by atoms with Gasteiger partial charge in [0.15, 0.2) is 0 Å². The summed E-state index contributed by atoms with van der Waals surface area (Å²) < 4.78 is 0.